The van der Waals surface area contributed by atoms with E-state index in [4.69, 9.17) is 11.6 Å². The van der Waals surface area contributed by atoms with Crippen LogP contribution in [0.5, 0.6) is 0 Å². The Morgan fingerprint density at radius 3 is 2.26 bits per heavy atom. The molecule has 1 unspecified atom stereocenters. The van der Waals surface area contributed by atoms with Crippen LogP contribution in [0.25, 0.3) is 0 Å². The third-order valence-corrected chi connectivity index (χ3v) is 3.72. The van der Waals surface area contributed by atoms with Crippen molar-refractivity contribution in [3.8, 4) is 0 Å². The standard InChI is InChI=1S/C16H14ClFO/c1-16(15(17)19,11-12-7-3-2-4-8-12)13-9-5-6-10-14(13)18/h2-10H,11H2,1H3. The minimum atomic E-state index is -1.06. The zero-order chi connectivity index (χ0) is 13.9. The SMILES string of the molecule is CC(Cc1ccccc1)(C(=O)Cl)c1ccccc1F. The highest BCUT2D eigenvalue weighted by molar-refractivity contribution is 6.65. The normalized spacial score (nSPS) is 13.8. The summed E-state index contributed by atoms with van der Waals surface area (Å²) in [6.45, 7) is 1.67. The zero-order valence-electron chi connectivity index (χ0n) is 10.6. The summed E-state index contributed by atoms with van der Waals surface area (Å²) in [6.07, 6.45) is 0.372. The Hall–Kier alpha value is -1.67. The highest BCUT2D eigenvalue weighted by atomic mass is 35.5. The first-order chi connectivity index (χ1) is 9.04. The van der Waals surface area contributed by atoms with Gasteiger partial charge in [0.1, 0.15) is 5.82 Å². The molecule has 1 atom stereocenters. The highest BCUT2D eigenvalue weighted by Gasteiger charge is 2.36. The lowest BCUT2D eigenvalue weighted by atomic mass is 9.78. The van der Waals surface area contributed by atoms with Gasteiger partial charge in [-0.3, -0.25) is 4.79 Å². The minimum absolute atomic E-state index is 0.332. The molecule has 0 fully saturated rings. The molecule has 0 spiro atoms. The number of carbonyl (C=O) groups excluding carboxylic acids is 1. The lowest BCUT2D eigenvalue weighted by Crippen LogP contribution is -2.32. The molecule has 3 heteroatoms. The van der Waals surface area contributed by atoms with Crippen LogP contribution in [0.3, 0.4) is 0 Å². The van der Waals surface area contributed by atoms with E-state index >= 15 is 0 Å². The third kappa shape index (κ3) is 2.85. The maximum atomic E-state index is 13.9. The van der Waals surface area contributed by atoms with Crippen LogP contribution in [0.4, 0.5) is 4.39 Å². The summed E-state index contributed by atoms with van der Waals surface area (Å²) in [7, 11) is 0. The molecular weight excluding hydrogens is 263 g/mol. The highest BCUT2D eigenvalue weighted by Crippen LogP contribution is 2.32. The molecule has 0 N–H and O–H groups in total. The fourth-order valence-corrected chi connectivity index (χ4v) is 2.35. The molecule has 0 aliphatic heterocycles. The Kier molecular flexibility index (Phi) is 4.01. The van der Waals surface area contributed by atoms with Gasteiger partial charge in [-0.15, -0.1) is 0 Å². The molecule has 98 valence electrons. The summed E-state index contributed by atoms with van der Waals surface area (Å²) >= 11 is 5.74. The van der Waals surface area contributed by atoms with Crippen LogP contribution in [0, 0.1) is 5.82 Å². The summed E-state index contributed by atoms with van der Waals surface area (Å²) in [5, 5.41) is -0.554. The molecule has 0 aliphatic carbocycles. The largest absolute Gasteiger partial charge is 0.280 e. The van der Waals surface area contributed by atoms with Crippen LogP contribution in [-0.4, -0.2) is 5.24 Å². The molecular formula is C16H14ClFO. The molecule has 2 rings (SSSR count). The van der Waals surface area contributed by atoms with Crippen molar-refractivity contribution in [1.29, 1.82) is 0 Å². The number of halogens is 2. The Labute approximate surface area is 117 Å². The van der Waals surface area contributed by atoms with Gasteiger partial charge in [0.25, 0.3) is 0 Å². The van der Waals surface area contributed by atoms with E-state index in [1.165, 1.54) is 6.07 Å². The predicted molar refractivity (Wildman–Crippen MR) is 74.8 cm³/mol. The van der Waals surface area contributed by atoms with Gasteiger partial charge < -0.3 is 0 Å². The molecule has 0 saturated carbocycles. The van der Waals surface area contributed by atoms with E-state index < -0.39 is 16.5 Å². The number of carbonyl (C=O) groups is 1. The summed E-state index contributed by atoms with van der Waals surface area (Å²) in [4.78, 5) is 11.8. The summed E-state index contributed by atoms with van der Waals surface area (Å²) in [6, 6.07) is 15.7. The Balaban J connectivity index is 2.45. The van der Waals surface area contributed by atoms with Crippen molar-refractivity contribution in [3.05, 3.63) is 71.5 Å². The van der Waals surface area contributed by atoms with Gasteiger partial charge in [0.2, 0.25) is 5.24 Å². The second kappa shape index (κ2) is 5.54. The Bertz CT molecular complexity index is 582. The van der Waals surface area contributed by atoms with Crippen LogP contribution in [0.1, 0.15) is 18.1 Å². The molecule has 0 aromatic heterocycles. The maximum Gasteiger partial charge on any atom is 0.232 e. The molecule has 0 radical (unpaired) electrons. The second-order valence-electron chi connectivity index (χ2n) is 4.75. The number of hydrogen-bond donors (Lipinski definition) is 0. The molecule has 0 bridgehead atoms. The van der Waals surface area contributed by atoms with Gasteiger partial charge in [0.05, 0.1) is 5.41 Å². The van der Waals surface area contributed by atoms with Gasteiger partial charge in [-0.1, -0.05) is 48.5 Å². The van der Waals surface area contributed by atoms with Gasteiger partial charge in [-0.25, -0.2) is 4.39 Å². The minimum Gasteiger partial charge on any atom is -0.280 e. The first-order valence-electron chi connectivity index (χ1n) is 6.03. The molecule has 2 aromatic carbocycles. The monoisotopic (exact) mass is 276 g/mol. The van der Waals surface area contributed by atoms with Crippen molar-refractivity contribution in [2.45, 2.75) is 18.8 Å². The van der Waals surface area contributed by atoms with Crippen molar-refractivity contribution < 1.29 is 9.18 Å². The van der Waals surface area contributed by atoms with Gasteiger partial charge in [0.15, 0.2) is 0 Å². The van der Waals surface area contributed by atoms with E-state index in [2.05, 4.69) is 0 Å². The third-order valence-electron chi connectivity index (χ3n) is 3.30. The van der Waals surface area contributed by atoms with E-state index in [0.717, 1.165) is 5.56 Å². The van der Waals surface area contributed by atoms with Gasteiger partial charge in [-0.2, -0.15) is 0 Å². The van der Waals surface area contributed by atoms with Gasteiger partial charge in [-0.05, 0) is 36.6 Å². The number of benzene rings is 2. The number of rotatable bonds is 4. The van der Waals surface area contributed by atoms with Gasteiger partial charge >= 0.3 is 0 Å². The molecule has 0 amide bonds. The summed E-state index contributed by atoms with van der Waals surface area (Å²) in [5.41, 5.74) is 0.218. The van der Waals surface area contributed by atoms with Gasteiger partial charge in [0, 0.05) is 5.56 Å². The first-order valence-corrected chi connectivity index (χ1v) is 6.41. The van der Waals surface area contributed by atoms with E-state index in [0.29, 0.717) is 12.0 Å². The van der Waals surface area contributed by atoms with Crippen LogP contribution in [-0.2, 0) is 16.6 Å². The predicted octanol–water partition coefficient (Wildman–Crippen LogP) is 4.09. The molecule has 19 heavy (non-hydrogen) atoms. The quantitative estimate of drug-likeness (QED) is 0.769. The average molecular weight is 277 g/mol. The van der Waals surface area contributed by atoms with E-state index in [9.17, 15) is 9.18 Å². The van der Waals surface area contributed by atoms with Crippen LogP contribution in [0.15, 0.2) is 54.6 Å². The molecule has 1 nitrogen and oxygen atoms in total. The zero-order valence-corrected chi connectivity index (χ0v) is 11.3. The first kappa shape index (κ1) is 13.8. The fraction of sp³-hybridized carbons (Fsp3) is 0.188. The fourth-order valence-electron chi connectivity index (χ4n) is 2.18. The maximum absolute atomic E-state index is 13.9. The molecule has 0 aliphatic rings. The molecule has 2 aromatic rings. The summed E-state index contributed by atoms with van der Waals surface area (Å²) < 4.78 is 13.9. The van der Waals surface area contributed by atoms with Crippen molar-refractivity contribution in [2.75, 3.05) is 0 Å². The topological polar surface area (TPSA) is 17.1 Å². The van der Waals surface area contributed by atoms with Crippen LogP contribution >= 0.6 is 11.6 Å². The van der Waals surface area contributed by atoms with E-state index in [1.807, 2.05) is 30.3 Å². The summed E-state index contributed by atoms with van der Waals surface area (Å²) in [5.74, 6) is -0.407. The Morgan fingerprint density at radius 2 is 1.68 bits per heavy atom. The van der Waals surface area contributed by atoms with Crippen molar-refractivity contribution in [2.24, 2.45) is 0 Å². The van der Waals surface area contributed by atoms with Crippen molar-refractivity contribution in [3.63, 3.8) is 0 Å². The van der Waals surface area contributed by atoms with E-state index in [-0.39, 0.29) is 0 Å². The average Bonchev–Trinajstić information content (AvgIpc) is 2.40. The Morgan fingerprint density at radius 1 is 1.11 bits per heavy atom. The lowest BCUT2D eigenvalue weighted by Gasteiger charge is -2.26. The lowest BCUT2D eigenvalue weighted by molar-refractivity contribution is -0.116. The number of hydrogen-bond acceptors (Lipinski definition) is 1. The van der Waals surface area contributed by atoms with Crippen molar-refractivity contribution >= 4 is 16.8 Å². The van der Waals surface area contributed by atoms with E-state index in [1.54, 1.807) is 25.1 Å². The van der Waals surface area contributed by atoms with Crippen LogP contribution < -0.4 is 0 Å². The second-order valence-corrected chi connectivity index (χ2v) is 5.09. The molecule has 0 saturated heterocycles. The smallest absolute Gasteiger partial charge is 0.232 e. The molecule has 0 heterocycles. The van der Waals surface area contributed by atoms with Crippen molar-refractivity contribution in [1.82, 2.24) is 0 Å². The van der Waals surface area contributed by atoms with Crippen LogP contribution in [0.2, 0.25) is 0 Å².